The molecule has 1 spiro atoms. The second kappa shape index (κ2) is 8.64. The highest BCUT2D eigenvalue weighted by molar-refractivity contribution is 5.94. The number of halogens is 3. The predicted molar refractivity (Wildman–Crippen MR) is 111 cm³/mol. The van der Waals surface area contributed by atoms with Crippen molar-refractivity contribution in [1.82, 2.24) is 19.6 Å². The smallest absolute Gasteiger partial charge is 0.383 e. The number of rotatable bonds is 4. The summed E-state index contributed by atoms with van der Waals surface area (Å²) in [5.74, 6) is -0.174. The first kappa shape index (κ1) is 23.0. The van der Waals surface area contributed by atoms with E-state index in [1.165, 1.54) is 12.1 Å². The number of likely N-dealkylation sites (N-methyl/N-ethyl adjacent to an activating group) is 1. The van der Waals surface area contributed by atoms with Gasteiger partial charge in [0.25, 0.3) is 5.91 Å². The molecule has 10 heteroatoms. The summed E-state index contributed by atoms with van der Waals surface area (Å²) < 4.78 is 43.7. The van der Waals surface area contributed by atoms with Gasteiger partial charge in [0.15, 0.2) is 0 Å². The Kier molecular flexibility index (Phi) is 6.21. The lowest BCUT2D eigenvalue weighted by molar-refractivity contribution is -0.137. The fraction of sp³-hybridized carbons (Fsp3) is 0.636. The van der Waals surface area contributed by atoms with Crippen LogP contribution in [0, 0.1) is 0 Å². The summed E-state index contributed by atoms with van der Waals surface area (Å²) in [6, 6.07) is 4.15. The lowest BCUT2D eigenvalue weighted by Gasteiger charge is -2.50. The third-order valence-corrected chi connectivity index (χ3v) is 7.00. The van der Waals surface area contributed by atoms with Crippen LogP contribution >= 0.6 is 0 Å². The van der Waals surface area contributed by atoms with Gasteiger partial charge in [0.05, 0.1) is 12.2 Å². The van der Waals surface area contributed by atoms with Gasteiger partial charge in [-0.3, -0.25) is 14.5 Å². The van der Waals surface area contributed by atoms with E-state index in [0.29, 0.717) is 45.6 Å². The molecule has 1 atom stereocenters. The Morgan fingerprint density at radius 2 is 1.78 bits per heavy atom. The van der Waals surface area contributed by atoms with Crippen molar-refractivity contribution in [2.45, 2.75) is 30.7 Å². The highest BCUT2D eigenvalue weighted by Gasteiger charge is 2.58. The molecule has 3 aliphatic rings. The number of amides is 2. The largest absolute Gasteiger partial charge is 0.416 e. The van der Waals surface area contributed by atoms with Crippen molar-refractivity contribution < 1.29 is 27.5 Å². The van der Waals surface area contributed by atoms with Gasteiger partial charge in [0.2, 0.25) is 5.91 Å². The lowest BCUT2D eigenvalue weighted by Crippen LogP contribution is -2.63. The number of carbonyl (C=O) groups is 2. The normalized spacial score (nSPS) is 24.3. The third-order valence-electron chi connectivity index (χ3n) is 7.00. The van der Waals surface area contributed by atoms with E-state index in [0.717, 1.165) is 25.2 Å². The molecular weight excluding hydrogens is 425 g/mol. The van der Waals surface area contributed by atoms with Crippen molar-refractivity contribution in [3.8, 4) is 0 Å². The van der Waals surface area contributed by atoms with Gasteiger partial charge in [-0.25, -0.2) is 0 Å². The van der Waals surface area contributed by atoms with Gasteiger partial charge in [-0.15, -0.1) is 0 Å². The number of hydrogen-bond donors (Lipinski definition) is 0. The first-order chi connectivity index (χ1) is 15.2. The van der Waals surface area contributed by atoms with Gasteiger partial charge >= 0.3 is 6.18 Å². The summed E-state index contributed by atoms with van der Waals surface area (Å²) in [4.78, 5) is 34.2. The van der Waals surface area contributed by atoms with E-state index in [1.54, 1.807) is 12.0 Å². The van der Waals surface area contributed by atoms with E-state index in [2.05, 4.69) is 9.80 Å². The third kappa shape index (κ3) is 3.99. The number of nitrogens with zero attached hydrogens (tertiary/aromatic N) is 4. The molecule has 2 amide bonds. The van der Waals surface area contributed by atoms with Crippen molar-refractivity contribution >= 4 is 11.8 Å². The summed E-state index contributed by atoms with van der Waals surface area (Å²) in [6.07, 6.45) is -3.22. The number of ether oxygens (including phenoxy) is 1. The molecule has 3 fully saturated rings. The maximum absolute atomic E-state index is 13.2. The second-order valence-electron chi connectivity index (χ2n) is 8.80. The van der Waals surface area contributed by atoms with E-state index in [1.807, 2.05) is 11.9 Å². The van der Waals surface area contributed by atoms with E-state index in [9.17, 15) is 22.8 Å². The van der Waals surface area contributed by atoms with Gasteiger partial charge in [0.1, 0.15) is 11.7 Å². The Balaban J connectivity index is 1.50. The average molecular weight is 454 g/mol. The van der Waals surface area contributed by atoms with Crippen LogP contribution in [0.15, 0.2) is 24.3 Å². The van der Waals surface area contributed by atoms with Gasteiger partial charge in [-0.05, 0) is 31.3 Å². The summed E-state index contributed by atoms with van der Waals surface area (Å²) in [5, 5.41) is 0. The molecule has 32 heavy (non-hydrogen) atoms. The van der Waals surface area contributed by atoms with Crippen LogP contribution < -0.4 is 0 Å². The molecule has 0 N–H and O–H groups in total. The molecule has 0 bridgehead atoms. The SMILES string of the molecule is COCCN1C(=O)[C@H]2CN(C)CCN2C12CCN(C(=O)c1ccc(C(F)(F)F)cc1)CC2. The predicted octanol–water partition coefficient (Wildman–Crippen LogP) is 1.74. The first-order valence-corrected chi connectivity index (χ1v) is 10.9. The number of fused-ring (bicyclic) bond motifs is 2. The number of carbonyl (C=O) groups excluding carboxylic acids is 2. The van der Waals surface area contributed by atoms with E-state index in [-0.39, 0.29) is 23.4 Å². The molecule has 7 nitrogen and oxygen atoms in total. The molecule has 4 rings (SSSR count). The minimum absolute atomic E-state index is 0.108. The van der Waals surface area contributed by atoms with Gasteiger partial charge in [0, 0.05) is 64.8 Å². The highest BCUT2D eigenvalue weighted by Crippen LogP contribution is 2.41. The maximum Gasteiger partial charge on any atom is 0.416 e. The molecule has 0 unspecified atom stereocenters. The molecule has 3 aliphatic heterocycles. The topological polar surface area (TPSA) is 56.3 Å². The summed E-state index contributed by atoms with van der Waals surface area (Å²) >= 11 is 0. The number of alkyl halides is 3. The monoisotopic (exact) mass is 454 g/mol. The molecular formula is C22H29F3N4O3. The van der Waals surface area contributed by atoms with Crippen molar-refractivity contribution in [2.24, 2.45) is 0 Å². The molecule has 176 valence electrons. The summed E-state index contributed by atoms with van der Waals surface area (Å²) in [7, 11) is 3.63. The van der Waals surface area contributed by atoms with Crippen molar-refractivity contribution in [1.29, 1.82) is 0 Å². The van der Waals surface area contributed by atoms with Crippen LogP contribution in [-0.2, 0) is 15.7 Å². The molecule has 0 aliphatic carbocycles. The van der Waals surface area contributed by atoms with Crippen molar-refractivity contribution in [2.75, 3.05) is 60.0 Å². The molecule has 3 heterocycles. The van der Waals surface area contributed by atoms with Crippen LogP contribution in [0.2, 0.25) is 0 Å². The fourth-order valence-corrected chi connectivity index (χ4v) is 5.28. The van der Waals surface area contributed by atoms with Crippen LogP contribution in [0.4, 0.5) is 13.2 Å². The van der Waals surface area contributed by atoms with Crippen LogP contribution in [0.25, 0.3) is 0 Å². The Labute approximate surface area is 185 Å². The van der Waals surface area contributed by atoms with Crippen LogP contribution in [0.3, 0.4) is 0 Å². The summed E-state index contributed by atoms with van der Waals surface area (Å²) in [6.45, 7) is 4.15. The molecule has 0 saturated carbocycles. The molecule has 1 aromatic carbocycles. The van der Waals surface area contributed by atoms with Gasteiger partial charge < -0.3 is 19.4 Å². The van der Waals surface area contributed by atoms with Crippen LogP contribution in [-0.4, -0.2) is 103 Å². The molecule has 0 aromatic heterocycles. The fourth-order valence-electron chi connectivity index (χ4n) is 5.28. The lowest BCUT2D eigenvalue weighted by atomic mass is 9.93. The standard InChI is InChI=1S/C22H29F3N4O3/c1-26-11-12-28-18(15-26)20(31)29(13-14-32-2)21(28)7-9-27(10-8-21)19(30)16-3-5-17(6-4-16)22(23,24)25/h3-6,18H,7-15H2,1-2H3/t18-/m1/s1. The number of likely N-dealkylation sites (tertiary alicyclic amines) is 1. The average Bonchev–Trinajstić information content (AvgIpc) is 2.99. The molecule has 0 radical (unpaired) electrons. The van der Waals surface area contributed by atoms with E-state index in [4.69, 9.17) is 4.74 Å². The Bertz CT molecular complexity index is 853. The highest BCUT2D eigenvalue weighted by atomic mass is 19.4. The van der Waals surface area contributed by atoms with E-state index < -0.39 is 17.4 Å². The number of piperazine rings is 1. The van der Waals surface area contributed by atoms with Gasteiger partial charge in [-0.1, -0.05) is 0 Å². The number of hydrogen-bond acceptors (Lipinski definition) is 5. The molecule has 3 saturated heterocycles. The summed E-state index contributed by atoms with van der Waals surface area (Å²) in [5.41, 5.74) is -0.977. The number of methoxy groups -OCH3 is 1. The zero-order valence-electron chi connectivity index (χ0n) is 18.4. The Morgan fingerprint density at radius 1 is 1.12 bits per heavy atom. The Morgan fingerprint density at radius 3 is 2.38 bits per heavy atom. The minimum atomic E-state index is -4.43. The minimum Gasteiger partial charge on any atom is -0.383 e. The second-order valence-corrected chi connectivity index (χ2v) is 8.80. The number of piperidine rings is 1. The van der Waals surface area contributed by atoms with Crippen LogP contribution in [0.1, 0.15) is 28.8 Å². The zero-order chi connectivity index (χ0) is 23.1. The maximum atomic E-state index is 13.2. The number of benzene rings is 1. The van der Waals surface area contributed by atoms with Crippen molar-refractivity contribution in [3.05, 3.63) is 35.4 Å². The quantitative estimate of drug-likeness (QED) is 0.694. The first-order valence-electron chi connectivity index (χ1n) is 10.9. The molecule has 1 aromatic rings. The van der Waals surface area contributed by atoms with E-state index >= 15 is 0 Å². The van der Waals surface area contributed by atoms with Crippen LogP contribution in [0.5, 0.6) is 0 Å². The Hall–Kier alpha value is -2.17. The van der Waals surface area contributed by atoms with Crippen molar-refractivity contribution in [3.63, 3.8) is 0 Å². The zero-order valence-corrected chi connectivity index (χ0v) is 18.4. The van der Waals surface area contributed by atoms with Gasteiger partial charge in [-0.2, -0.15) is 13.2 Å².